The van der Waals surface area contributed by atoms with Gasteiger partial charge in [-0.1, -0.05) is 0 Å². The van der Waals surface area contributed by atoms with E-state index in [9.17, 15) is 4.79 Å². The first-order valence-electron chi connectivity index (χ1n) is 8.31. The number of aromatic nitrogens is 2. The first-order chi connectivity index (χ1) is 10.8. The van der Waals surface area contributed by atoms with E-state index < -0.39 is 0 Å². The molecular weight excluding hydrogens is 316 g/mol. The highest BCUT2D eigenvalue weighted by molar-refractivity contribution is 5.85. The molecular formula is C16H27ClN4O2. The summed E-state index contributed by atoms with van der Waals surface area (Å²) in [6, 6.07) is 2.06. The van der Waals surface area contributed by atoms with Crippen molar-refractivity contribution in [3.8, 4) is 0 Å². The molecule has 0 aromatic carbocycles. The van der Waals surface area contributed by atoms with Gasteiger partial charge in [-0.05, 0) is 38.3 Å². The third kappa shape index (κ3) is 4.46. The Morgan fingerprint density at radius 2 is 2.17 bits per heavy atom. The molecule has 0 bridgehead atoms. The van der Waals surface area contributed by atoms with Gasteiger partial charge in [0.1, 0.15) is 6.54 Å². The second-order valence-corrected chi connectivity index (χ2v) is 6.27. The molecule has 0 aliphatic carbocycles. The highest BCUT2D eigenvalue weighted by Crippen LogP contribution is 2.23. The Kier molecular flexibility index (Phi) is 6.87. The number of nitrogens with one attached hydrogen (secondary N) is 1. The Labute approximate surface area is 144 Å². The topological polar surface area (TPSA) is 59.4 Å². The number of nitrogens with zero attached hydrogens (tertiary/aromatic N) is 3. The molecule has 2 fully saturated rings. The molecule has 3 heterocycles. The fourth-order valence-electron chi connectivity index (χ4n) is 3.50. The van der Waals surface area contributed by atoms with Crippen LogP contribution in [0, 0.1) is 0 Å². The van der Waals surface area contributed by atoms with Crippen LogP contribution in [0.5, 0.6) is 0 Å². The fourth-order valence-corrected chi connectivity index (χ4v) is 3.50. The van der Waals surface area contributed by atoms with E-state index in [0.29, 0.717) is 18.6 Å². The number of rotatable bonds is 4. The minimum Gasteiger partial charge on any atom is -0.381 e. The first kappa shape index (κ1) is 18.2. The maximum Gasteiger partial charge on any atom is 0.244 e. The van der Waals surface area contributed by atoms with E-state index in [1.807, 2.05) is 15.8 Å². The highest BCUT2D eigenvalue weighted by atomic mass is 35.5. The van der Waals surface area contributed by atoms with Gasteiger partial charge in [-0.3, -0.25) is 9.48 Å². The molecule has 1 aromatic rings. The zero-order valence-corrected chi connectivity index (χ0v) is 14.6. The second kappa shape index (κ2) is 8.66. The molecule has 3 rings (SSSR count). The van der Waals surface area contributed by atoms with Gasteiger partial charge in [-0.15, -0.1) is 12.4 Å². The number of ether oxygens (including phenoxy) is 1. The van der Waals surface area contributed by atoms with Crippen LogP contribution in [0.2, 0.25) is 0 Å². The molecule has 130 valence electrons. The van der Waals surface area contributed by atoms with Gasteiger partial charge < -0.3 is 15.0 Å². The molecule has 1 atom stereocenters. The quantitative estimate of drug-likeness (QED) is 0.898. The van der Waals surface area contributed by atoms with Crippen molar-refractivity contribution in [3.63, 3.8) is 0 Å². The number of piperidine rings is 2. The summed E-state index contributed by atoms with van der Waals surface area (Å²) < 4.78 is 7.25. The van der Waals surface area contributed by atoms with Crippen LogP contribution >= 0.6 is 12.4 Å². The molecule has 2 saturated heterocycles. The van der Waals surface area contributed by atoms with Gasteiger partial charge >= 0.3 is 0 Å². The number of hydrogen-bond donors (Lipinski definition) is 1. The van der Waals surface area contributed by atoms with Crippen molar-refractivity contribution in [2.24, 2.45) is 0 Å². The zero-order chi connectivity index (χ0) is 15.4. The number of carbonyl (C=O) groups excluding carboxylic acids is 1. The third-order valence-corrected chi connectivity index (χ3v) is 4.88. The Morgan fingerprint density at radius 1 is 1.39 bits per heavy atom. The lowest BCUT2D eigenvalue weighted by Crippen LogP contribution is -2.42. The van der Waals surface area contributed by atoms with Gasteiger partial charge in [-0.2, -0.15) is 5.10 Å². The Morgan fingerprint density at radius 3 is 2.83 bits per heavy atom. The first-order valence-corrected chi connectivity index (χ1v) is 8.31. The molecule has 0 saturated carbocycles. The molecule has 1 amide bonds. The van der Waals surface area contributed by atoms with Crippen LogP contribution in [0.1, 0.15) is 37.3 Å². The molecule has 1 N–H and O–H groups in total. The molecule has 0 spiro atoms. The molecule has 6 nitrogen and oxygen atoms in total. The van der Waals surface area contributed by atoms with Crippen molar-refractivity contribution in [2.75, 3.05) is 33.3 Å². The van der Waals surface area contributed by atoms with Gasteiger partial charge in [-0.25, -0.2) is 0 Å². The number of halogens is 1. The van der Waals surface area contributed by atoms with Crippen LogP contribution in [-0.2, 0) is 16.1 Å². The van der Waals surface area contributed by atoms with Crippen molar-refractivity contribution in [1.29, 1.82) is 0 Å². The molecule has 2 aliphatic heterocycles. The van der Waals surface area contributed by atoms with E-state index >= 15 is 0 Å². The van der Waals surface area contributed by atoms with Crippen LogP contribution in [0.3, 0.4) is 0 Å². The highest BCUT2D eigenvalue weighted by Gasteiger charge is 2.24. The number of likely N-dealkylation sites (tertiary alicyclic amines) is 1. The third-order valence-electron chi connectivity index (χ3n) is 4.88. The van der Waals surface area contributed by atoms with Crippen LogP contribution < -0.4 is 5.32 Å². The van der Waals surface area contributed by atoms with Gasteiger partial charge in [0.05, 0.1) is 6.10 Å². The average molecular weight is 343 g/mol. The monoisotopic (exact) mass is 342 g/mol. The van der Waals surface area contributed by atoms with Crippen molar-refractivity contribution in [1.82, 2.24) is 20.0 Å². The fraction of sp³-hybridized carbons (Fsp3) is 0.750. The largest absolute Gasteiger partial charge is 0.381 e. The molecule has 7 heteroatoms. The maximum atomic E-state index is 12.5. The van der Waals surface area contributed by atoms with Gasteiger partial charge in [0, 0.05) is 44.6 Å². The average Bonchev–Trinajstić information content (AvgIpc) is 3.04. The molecule has 0 radical (unpaired) electrons. The van der Waals surface area contributed by atoms with E-state index in [1.165, 1.54) is 18.5 Å². The molecule has 1 unspecified atom stereocenters. The standard InChI is InChI=1S/C16H26N4O2.ClH/c1-22-14-5-9-19(10-6-14)16(21)12-20-15(4-8-18-20)13-3-2-7-17-11-13;/h4,8,13-14,17H,2-3,5-7,9-12H2,1H3;1H. The summed E-state index contributed by atoms with van der Waals surface area (Å²) in [5, 5.41) is 7.80. The predicted molar refractivity (Wildman–Crippen MR) is 90.9 cm³/mol. The summed E-state index contributed by atoms with van der Waals surface area (Å²) in [6.45, 7) is 4.02. The lowest BCUT2D eigenvalue weighted by molar-refractivity contribution is -0.134. The predicted octanol–water partition coefficient (Wildman–Crippen LogP) is 1.41. The van der Waals surface area contributed by atoms with E-state index in [4.69, 9.17) is 4.74 Å². The Balaban J connectivity index is 0.00000192. The van der Waals surface area contributed by atoms with E-state index in [2.05, 4.69) is 16.5 Å². The summed E-state index contributed by atoms with van der Waals surface area (Å²) in [5.41, 5.74) is 1.19. The number of hydrogen-bond acceptors (Lipinski definition) is 4. The molecule has 2 aliphatic rings. The minimum absolute atomic E-state index is 0. The SMILES string of the molecule is COC1CCN(C(=O)Cn2nccc2C2CCCNC2)CC1.Cl. The van der Waals surface area contributed by atoms with Crippen LogP contribution in [0.25, 0.3) is 0 Å². The van der Waals surface area contributed by atoms with E-state index in [1.54, 1.807) is 7.11 Å². The van der Waals surface area contributed by atoms with Crippen LogP contribution in [-0.4, -0.2) is 60.0 Å². The second-order valence-electron chi connectivity index (χ2n) is 6.27. The summed E-state index contributed by atoms with van der Waals surface area (Å²) in [7, 11) is 1.75. The lowest BCUT2D eigenvalue weighted by Gasteiger charge is -2.31. The van der Waals surface area contributed by atoms with Gasteiger partial charge in [0.2, 0.25) is 5.91 Å². The molecule has 1 aromatic heterocycles. The summed E-state index contributed by atoms with van der Waals surface area (Å²) in [4.78, 5) is 14.4. The van der Waals surface area contributed by atoms with Crippen molar-refractivity contribution < 1.29 is 9.53 Å². The summed E-state index contributed by atoms with van der Waals surface area (Å²) in [6.07, 6.45) is 6.34. The summed E-state index contributed by atoms with van der Waals surface area (Å²) in [5.74, 6) is 0.645. The van der Waals surface area contributed by atoms with Gasteiger partial charge in [0.15, 0.2) is 0 Å². The van der Waals surface area contributed by atoms with Crippen molar-refractivity contribution in [2.45, 2.75) is 44.2 Å². The maximum absolute atomic E-state index is 12.5. The number of methoxy groups -OCH3 is 1. The Bertz CT molecular complexity index is 494. The van der Waals surface area contributed by atoms with Crippen molar-refractivity contribution in [3.05, 3.63) is 18.0 Å². The van der Waals surface area contributed by atoms with Crippen LogP contribution in [0.4, 0.5) is 0 Å². The van der Waals surface area contributed by atoms with Crippen molar-refractivity contribution >= 4 is 18.3 Å². The Hall–Kier alpha value is -1.11. The van der Waals surface area contributed by atoms with E-state index in [-0.39, 0.29) is 18.3 Å². The smallest absolute Gasteiger partial charge is 0.244 e. The van der Waals surface area contributed by atoms with Gasteiger partial charge in [0.25, 0.3) is 0 Å². The van der Waals surface area contributed by atoms with Crippen LogP contribution in [0.15, 0.2) is 12.3 Å². The normalized spacial score (nSPS) is 22.7. The summed E-state index contributed by atoms with van der Waals surface area (Å²) >= 11 is 0. The number of amides is 1. The zero-order valence-electron chi connectivity index (χ0n) is 13.7. The number of carbonyl (C=O) groups is 1. The minimum atomic E-state index is 0. The lowest BCUT2D eigenvalue weighted by atomic mass is 9.96. The molecule has 23 heavy (non-hydrogen) atoms. The van der Waals surface area contributed by atoms with E-state index in [0.717, 1.165) is 39.0 Å².